The zero-order valence-electron chi connectivity index (χ0n) is 26.5. The van der Waals surface area contributed by atoms with Crippen molar-refractivity contribution in [3.63, 3.8) is 0 Å². The second-order valence-corrected chi connectivity index (χ2v) is 9.77. The minimum Gasteiger partial charge on any atom is -0.265 e. The fourth-order valence-corrected chi connectivity index (χ4v) is 4.17. The van der Waals surface area contributed by atoms with E-state index in [1.807, 2.05) is 54.6 Å². The Balaban J connectivity index is 0.000000136. The van der Waals surface area contributed by atoms with Crippen LogP contribution in [0.25, 0.3) is 32.3 Å². The van der Waals surface area contributed by atoms with Crippen LogP contribution in [0.15, 0.2) is 220 Å². The van der Waals surface area contributed by atoms with Gasteiger partial charge < -0.3 is 0 Å². The number of fused-ring (bicyclic) bond motifs is 3. The van der Waals surface area contributed by atoms with Gasteiger partial charge in [0.25, 0.3) is 0 Å². The van der Waals surface area contributed by atoms with E-state index in [-0.39, 0.29) is 0 Å². The molecule has 3 heterocycles. The molecule has 48 heavy (non-hydrogen) atoms. The molecule has 9 aromatic rings. The molecule has 0 unspecified atom stereocenters. The third-order valence-corrected chi connectivity index (χ3v) is 6.38. The van der Waals surface area contributed by atoms with E-state index in [1.54, 1.807) is 30.9 Å². The highest BCUT2D eigenvalue weighted by atomic mass is 14.9. The topological polar surface area (TPSA) is 77.3 Å². The third kappa shape index (κ3) is 13.5. The second kappa shape index (κ2) is 21.9. The third-order valence-electron chi connectivity index (χ3n) is 6.38. The number of hydrogen-bond acceptors (Lipinski definition) is 6. The molecule has 0 saturated heterocycles. The van der Waals surface area contributed by atoms with E-state index in [9.17, 15) is 0 Å². The summed E-state index contributed by atoms with van der Waals surface area (Å²) >= 11 is 0. The minimum atomic E-state index is 1.31. The van der Waals surface area contributed by atoms with Crippen molar-refractivity contribution in [1.29, 1.82) is 0 Å². The van der Waals surface area contributed by atoms with Gasteiger partial charge >= 0.3 is 0 Å². The molecule has 0 saturated carbocycles. The molecule has 9 rings (SSSR count). The van der Waals surface area contributed by atoms with Crippen LogP contribution in [0.3, 0.4) is 0 Å². The van der Waals surface area contributed by atoms with Crippen molar-refractivity contribution in [3.05, 3.63) is 220 Å². The Morgan fingerprint density at radius 2 is 0.479 bits per heavy atom. The molecular formula is C42H36N6. The molecule has 6 heteroatoms. The zero-order valence-corrected chi connectivity index (χ0v) is 26.5. The maximum absolute atomic E-state index is 3.78. The summed E-state index contributed by atoms with van der Waals surface area (Å²) in [6.45, 7) is 0. The zero-order chi connectivity index (χ0) is 33.2. The molecule has 3 aromatic heterocycles. The van der Waals surface area contributed by atoms with Crippen LogP contribution >= 0.6 is 0 Å². The number of aromatic nitrogens is 6. The van der Waals surface area contributed by atoms with Crippen molar-refractivity contribution in [2.75, 3.05) is 0 Å². The lowest BCUT2D eigenvalue weighted by atomic mass is 10.0. The molecule has 0 fully saturated rings. The van der Waals surface area contributed by atoms with Crippen molar-refractivity contribution in [1.82, 2.24) is 29.9 Å². The molecule has 0 radical (unpaired) electrons. The first-order chi connectivity index (χ1) is 23.9. The number of nitrogens with zero attached hydrogens (tertiary/aromatic N) is 6. The monoisotopic (exact) mass is 624 g/mol. The summed E-state index contributed by atoms with van der Waals surface area (Å²) in [5.74, 6) is 0. The fraction of sp³-hybridized carbons (Fsp3) is 0. The van der Waals surface area contributed by atoms with Crippen LogP contribution < -0.4 is 0 Å². The molecule has 0 spiro atoms. The van der Waals surface area contributed by atoms with Gasteiger partial charge in [0.15, 0.2) is 0 Å². The summed E-state index contributed by atoms with van der Waals surface area (Å²) in [5, 5.41) is 7.87. The van der Waals surface area contributed by atoms with Crippen molar-refractivity contribution in [2.45, 2.75) is 0 Å². The van der Waals surface area contributed by atoms with Gasteiger partial charge in [-0.1, -0.05) is 140 Å². The van der Waals surface area contributed by atoms with Crippen molar-refractivity contribution in [2.24, 2.45) is 0 Å². The van der Waals surface area contributed by atoms with Crippen LogP contribution in [-0.2, 0) is 0 Å². The maximum atomic E-state index is 3.78. The Labute approximate surface area is 281 Å². The molecule has 6 nitrogen and oxygen atoms in total. The molecule has 0 bridgehead atoms. The Bertz CT molecular complexity index is 1680. The molecule has 6 aromatic carbocycles. The SMILES string of the molecule is c1ccc2cc3ccccc3cc2c1.c1ccc2ccccc2c1.c1ccccc1.c1ccncc1.c1cncnc1.c1ncncn1. The molecule has 0 atom stereocenters. The summed E-state index contributed by atoms with van der Waals surface area (Å²) in [5.41, 5.74) is 0. The number of pyridine rings is 1. The number of rotatable bonds is 0. The van der Waals surface area contributed by atoms with Gasteiger partial charge in [-0.05, 0) is 62.6 Å². The van der Waals surface area contributed by atoms with Gasteiger partial charge in [-0.2, -0.15) is 0 Å². The van der Waals surface area contributed by atoms with Crippen molar-refractivity contribution in [3.8, 4) is 0 Å². The second-order valence-electron chi connectivity index (χ2n) is 9.77. The quantitative estimate of drug-likeness (QED) is 0.156. The van der Waals surface area contributed by atoms with Crippen molar-refractivity contribution >= 4 is 32.3 Å². The van der Waals surface area contributed by atoms with Gasteiger partial charge in [0.1, 0.15) is 25.3 Å². The van der Waals surface area contributed by atoms with Crippen LogP contribution in [0.2, 0.25) is 0 Å². The standard InChI is InChI=1S/C14H10.C10H8.C6H6.C5H5N.C4H4N2.C3H3N3/c1-2-6-12-10-14-8-4-3-7-13(14)9-11(12)5-1;1-2-6-10-8-4-3-7-9(10)5-1;2*1-2-4-6-5-3-1;1-2-5-4-6-3-1;1-4-2-6-3-5-1/h1-10H;1-8H;1-6H;1-5H;1-4H;1-3H. The molecule has 0 N–H and O–H groups in total. The van der Waals surface area contributed by atoms with Crippen LogP contribution in [-0.4, -0.2) is 29.9 Å². The van der Waals surface area contributed by atoms with Crippen LogP contribution in [0, 0.1) is 0 Å². The Kier molecular flexibility index (Phi) is 15.6. The lowest BCUT2D eigenvalue weighted by molar-refractivity contribution is 1.05. The first kappa shape index (κ1) is 34.2. The van der Waals surface area contributed by atoms with E-state index in [4.69, 9.17) is 0 Å². The predicted molar refractivity (Wildman–Crippen MR) is 198 cm³/mol. The smallest absolute Gasteiger partial charge is 0.119 e. The van der Waals surface area contributed by atoms with E-state index in [2.05, 4.69) is 139 Å². The highest BCUT2D eigenvalue weighted by Gasteiger charge is 1.95. The summed E-state index contributed by atoms with van der Waals surface area (Å²) in [7, 11) is 0. The summed E-state index contributed by atoms with van der Waals surface area (Å²) < 4.78 is 0. The van der Waals surface area contributed by atoms with Gasteiger partial charge in [0.2, 0.25) is 0 Å². The largest absolute Gasteiger partial charge is 0.265 e. The van der Waals surface area contributed by atoms with Crippen LogP contribution in [0.1, 0.15) is 0 Å². The normalized spacial score (nSPS) is 9.25. The molecule has 0 aliphatic heterocycles. The van der Waals surface area contributed by atoms with E-state index >= 15 is 0 Å². The molecule has 0 amide bonds. The lowest BCUT2D eigenvalue weighted by Gasteiger charge is -2.00. The van der Waals surface area contributed by atoms with Gasteiger partial charge in [0, 0.05) is 24.8 Å². The van der Waals surface area contributed by atoms with E-state index in [0.29, 0.717) is 0 Å². The predicted octanol–water partition coefficient (Wildman–Crippen LogP) is 9.95. The highest BCUT2D eigenvalue weighted by molar-refractivity contribution is 5.98. The molecular weight excluding hydrogens is 589 g/mol. The van der Waals surface area contributed by atoms with Gasteiger partial charge in [-0.15, -0.1) is 0 Å². The van der Waals surface area contributed by atoms with Crippen LogP contribution in [0.4, 0.5) is 0 Å². The van der Waals surface area contributed by atoms with E-state index in [0.717, 1.165) is 0 Å². The Morgan fingerprint density at radius 3 is 0.688 bits per heavy atom. The molecule has 0 aliphatic rings. The first-order valence-corrected chi connectivity index (χ1v) is 15.3. The minimum absolute atomic E-state index is 1.31. The summed E-state index contributed by atoms with van der Waals surface area (Å²) in [4.78, 5) is 21.8. The van der Waals surface area contributed by atoms with Gasteiger partial charge in [-0.25, -0.2) is 24.9 Å². The van der Waals surface area contributed by atoms with Crippen LogP contribution in [0.5, 0.6) is 0 Å². The van der Waals surface area contributed by atoms with Crippen molar-refractivity contribution < 1.29 is 0 Å². The lowest BCUT2D eigenvalue weighted by Crippen LogP contribution is -1.74. The average molecular weight is 625 g/mol. The fourth-order valence-electron chi connectivity index (χ4n) is 4.17. The maximum Gasteiger partial charge on any atom is 0.119 e. The average Bonchev–Trinajstić information content (AvgIpc) is 3.21. The van der Waals surface area contributed by atoms with Gasteiger partial charge in [0.05, 0.1) is 0 Å². The first-order valence-electron chi connectivity index (χ1n) is 15.3. The molecule has 0 aliphatic carbocycles. The van der Waals surface area contributed by atoms with E-state index in [1.165, 1.54) is 57.6 Å². The molecule has 234 valence electrons. The van der Waals surface area contributed by atoms with E-state index < -0.39 is 0 Å². The number of benzene rings is 6. The highest BCUT2D eigenvalue weighted by Crippen LogP contribution is 2.22. The summed E-state index contributed by atoms with van der Waals surface area (Å²) in [6.07, 6.45) is 12.7. The van der Waals surface area contributed by atoms with Gasteiger partial charge in [-0.3, -0.25) is 4.98 Å². The Morgan fingerprint density at radius 1 is 0.208 bits per heavy atom. The number of hydrogen-bond donors (Lipinski definition) is 0. The summed E-state index contributed by atoms with van der Waals surface area (Å²) in [6, 6.07) is 57.6. The Hall–Kier alpha value is -6.66.